The molecule has 0 radical (unpaired) electrons. The maximum Gasteiger partial charge on any atom is 0.387 e. The van der Waals surface area contributed by atoms with Gasteiger partial charge in [0.2, 0.25) is 0 Å². The molecule has 19 heavy (non-hydrogen) atoms. The van der Waals surface area contributed by atoms with E-state index < -0.39 is 6.61 Å². The number of halogens is 2. The van der Waals surface area contributed by atoms with Gasteiger partial charge in [0, 0.05) is 11.4 Å². The van der Waals surface area contributed by atoms with Crippen molar-refractivity contribution in [1.82, 2.24) is 0 Å². The number of anilines is 1. The Morgan fingerprint density at radius 2 is 1.68 bits per heavy atom. The third-order valence-corrected chi connectivity index (χ3v) is 1.87. The topological polar surface area (TPSA) is 59.1 Å². The molecule has 1 rings (SSSR count). The third-order valence-electron chi connectivity index (χ3n) is 1.87. The lowest BCUT2D eigenvalue weighted by molar-refractivity contribution is -0.0499. The molecule has 0 bridgehead atoms. The summed E-state index contributed by atoms with van der Waals surface area (Å²) in [6.45, 7) is 8.28. The van der Waals surface area contributed by atoms with Crippen molar-refractivity contribution >= 4 is 11.4 Å². The molecule has 0 amide bonds. The van der Waals surface area contributed by atoms with Crippen LogP contribution in [-0.2, 0) is 0 Å². The largest absolute Gasteiger partial charge is 0.434 e. The maximum absolute atomic E-state index is 12.1. The van der Waals surface area contributed by atoms with E-state index in [0.717, 1.165) is 0 Å². The first-order valence-corrected chi connectivity index (χ1v) is 6.32. The van der Waals surface area contributed by atoms with Gasteiger partial charge in [0.25, 0.3) is 0 Å². The second kappa shape index (κ2) is 10.3. The molecule has 3 nitrogen and oxygen atoms in total. The number of alkyl halides is 2. The minimum Gasteiger partial charge on any atom is -0.434 e. The van der Waals surface area contributed by atoms with E-state index in [9.17, 15) is 8.78 Å². The van der Waals surface area contributed by atoms with Crippen LogP contribution >= 0.6 is 0 Å². The SMILES string of the molecule is CC.CC.CC(=N)c1c(N)cc(C)cc1OC(F)F. The molecule has 0 spiro atoms. The third kappa shape index (κ3) is 6.74. The molecular formula is C14H24F2N2O. The first kappa shape index (κ1) is 19.7. The number of hydrogen-bond donors (Lipinski definition) is 2. The first-order valence-electron chi connectivity index (χ1n) is 6.32. The predicted molar refractivity (Wildman–Crippen MR) is 77.4 cm³/mol. The number of nitrogens with one attached hydrogen (secondary N) is 1. The number of benzene rings is 1. The van der Waals surface area contributed by atoms with E-state index in [4.69, 9.17) is 11.1 Å². The molecule has 5 heteroatoms. The van der Waals surface area contributed by atoms with Crippen LogP contribution in [0.3, 0.4) is 0 Å². The van der Waals surface area contributed by atoms with Gasteiger partial charge < -0.3 is 15.9 Å². The fraction of sp³-hybridized carbons (Fsp3) is 0.500. The Kier molecular flexibility index (Phi) is 10.7. The van der Waals surface area contributed by atoms with Crippen molar-refractivity contribution in [2.24, 2.45) is 0 Å². The fourth-order valence-electron chi connectivity index (χ4n) is 1.37. The molecule has 110 valence electrons. The molecule has 0 atom stereocenters. The molecule has 0 aromatic heterocycles. The summed E-state index contributed by atoms with van der Waals surface area (Å²) in [5.74, 6) is -0.0463. The van der Waals surface area contributed by atoms with Gasteiger partial charge in [-0.15, -0.1) is 0 Å². The Morgan fingerprint density at radius 3 is 2.05 bits per heavy atom. The molecule has 0 saturated heterocycles. The summed E-state index contributed by atoms with van der Waals surface area (Å²) in [4.78, 5) is 0. The van der Waals surface area contributed by atoms with E-state index in [0.29, 0.717) is 5.56 Å². The van der Waals surface area contributed by atoms with Crippen molar-refractivity contribution < 1.29 is 13.5 Å². The summed E-state index contributed by atoms with van der Waals surface area (Å²) in [5, 5.41) is 7.43. The molecular weight excluding hydrogens is 250 g/mol. The second-order valence-corrected chi connectivity index (χ2v) is 3.23. The zero-order valence-electron chi connectivity index (χ0n) is 12.5. The van der Waals surface area contributed by atoms with Crippen LogP contribution in [0, 0.1) is 12.3 Å². The van der Waals surface area contributed by atoms with Gasteiger partial charge in [0.15, 0.2) is 0 Å². The monoisotopic (exact) mass is 274 g/mol. The predicted octanol–water partition coefficient (Wildman–Crippen LogP) is 4.62. The van der Waals surface area contributed by atoms with Gasteiger partial charge in [-0.3, -0.25) is 0 Å². The Morgan fingerprint density at radius 1 is 1.21 bits per heavy atom. The standard InChI is InChI=1S/C10H12F2N2O.2C2H6/c1-5-3-7(14)9(6(2)13)8(4-5)15-10(11)12;2*1-2/h3-4,10,13H,14H2,1-2H3;2*1-2H3. The van der Waals surface area contributed by atoms with Gasteiger partial charge in [-0.2, -0.15) is 8.78 Å². The second-order valence-electron chi connectivity index (χ2n) is 3.23. The van der Waals surface area contributed by atoms with E-state index in [-0.39, 0.29) is 22.7 Å². The Bertz CT molecular complexity index is 393. The molecule has 0 aliphatic heterocycles. The van der Waals surface area contributed by atoms with Crippen LogP contribution in [0.15, 0.2) is 12.1 Å². The van der Waals surface area contributed by atoms with Gasteiger partial charge in [-0.05, 0) is 31.5 Å². The van der Waals surface area contributed by atoms with Crippen LogP contribution in [0.2, 0.25) is 0 Å². The number of rotatable bonds is 3. The molecule has 0 aliphatic carbocycles. The van der Waals surface area contributed by atoms with Crippen LogP contribution in [-0.4, -0.2) is 12.3 Å². The van der Waals surface area contributed by atoms with Crippen molar-refractivity contribution in [3.8, 4) is 5.75 Å². The molecule has 1 aromatic rings. The van der Waals surface area contributed by atoms with E-state index in [1.807, 2.05) is 27.7 Å². The van der Waals surface area contributed by atoms with E-state index >= 15 is 0 Å². The lowest BCUT2D eigenvalue weighted by Gasteiger charge is -2.13. The van der Waals surface area contributed by atoms with Crippen molar-refractivity contribution in [1.29, 1.82) is 5.41 Å². The Balaban J connectivity index is 0. The van der Waals surface area contributed by atoms with Crippen molar-refractivity contribution in [2.75, 3.05) is 5.73 Å². The highest BCUT2D eigenvalue weighted by Gasteiger charge is 2.14. The summed E-state index contributed by atoms with van der Waals surface area (Å²) in [5.41, 5.74) is 6.95. The van der Waals surface area contributed by atoms with Crippen LogP contribution in [0.1, 0.15) is 45.7 Å². The van der Waals surface area contributed by atoms with Gasteiger partial charge in [0.1, 0.15) is 5.75 Å². The molecule has 0 fully saturated rings. The minimum atomic E-state index is -2.91. The average Bonchev–Trinajstić information content (AvgIpc) is 2.31. The van der Waals surface area contributed by atoms with Gasteiger partial charge in [-0.25, -0.2) is 0 Å². The van der Waals surface area contributed by atoms with Crippen LogP contribution in [0.5, 0.6) is 5.75 Å². The molecule has 1 aromatic carbocycles. The number of aryl methyl sites for hydroxylation is 1. The fourth-order valence-corrected chi connectivity index (χ4v) is 1.37. The van der Waals surface area contributed by atoms with Crippen LogP contribution < -0.4 is 10.5 Å². The summed E-state index contributed by atoms with van der Waals surface area (Å²) in [6.07, 6.45) is 0. The Labute approximate surface area is 114 Å². The molecule has 0 heterocycles. The van der Waals surface area contributed by atoms with Crippen molar-refractivity contribution in [3.05, 3.63) is 23.3 Å². The van der Waals surface area contributed by atoms with Gasteiger partial charge in [-0.1, -0.05) is 27.7 Å². The number of ether oxygens (including phenoxy) is 1. The summed E-state index contributed by atoms with van der Waals surface area (Å²) in [6, 6.07) is 3.06. The van der Waals surface area contributed by atoms with E-state index in [1.165, 1.54) is 13.0 Å². The molecule has 3 N–H and O–H groups in total. The average molecular weight is 274 g/mol. The highest BCUT2D eigenvalue weighted by atomic mass is 19.3. The number of hydrogen-bond acceptors (Lipinski definition) is 3. The van der Waals surface area contributed by atoms with Crippen molar-refractivity contribution in [2.45, 2.75) is 48.2 Å². The van der Waals surface area contributed by atoms with E-state index in [2.05, 4.69) is 4.74 Å². The van der Waals surface area contributed by atoms with Crippen molar-refractivity contribution in [3.63, 3.8) is 0 Å². The molecule has 0 saturated carbocycles. The zero-order valence-corrected chi connectivity index (χ0v) is 12.5. The van der Waals surface area contributed by atoms with E-state index in [1.54, 1.807) is 13.0 Å². The number of nitrogens with two attached hydrogens (primary N) is 1. The quantitative estimate of drug-likeness (QED) is 0.624. The zero-order chi connectivity index (χ0) is 15.6. The lowest BCUT2D eigenvalue weighted by atomic mass is 10.1. The summed E-state index contributed by atoms with van der Waals surface area (Å²) in [7, 11) is 0. The van der Waals surface area contributed by atoms with Gasteiger partial charge >= 0.3 is 6.61 Å². The first-order chi connectivity index (χ1) is 8.91. The number of nitrogen functional groups attached to an aromatic ring is 1. The lowest BCUT2D eigenvalue weighted by Crippen LogP contribution is -2.09. The molecule has 0 aliphatic rings. The highest BCUT2D eigenvalue weighted by Crippen LogP contribution is 2.28. The normalized spacial score (nSPS) is 8.89. The summed E-state index contributed by atoms with van der Waals surface area (Å²) >= 11 is 0. The van der Waals surface area contributed by atoms with Crippen LogP contribution in [0.4, 0.5) is 14.5 Å². The highest BCUT2D eigenvalue weighted by molar-refractivity contribution is 6.03. The smallest absolute Gasteiger partial charge is 0.387 e. The summed E-state index contributed by atoms with van der Waals surface area (Å²) < 4.78 is 28.5. The minimum absolute atomic E-state index is 0.0463. The van der Waals surface area contributed by atoms with Gasteiger partial charge in [0.05, 0.1) is 5.56 Å². The van der Waals surface area contributed by atoms with Crippen LogP contribution in [0.25, 0.3) is 0 Å². The molecule has 0 unspecified atom stereocenters. The maximum atomic E-state index is 12.1. The Hall–Kier alpha value is -1.65.